The summed E-state index contributed by atoms with van der Waals surface area (Å²) in [5.41, 5.74) is 6.81. The van der Waals surface area contributed by atoms with E-state index in [0.717, 1.165) is 18.5 Å². The highest BCUT2D eigenvalue weighted by molar-refractivity contribution is 5.94. The lowest BCUT2D eigenvalue weighted by molar-refractivity contribution is -0.130. The molecule has 0 spiro atoms. The van der Waals surface area contributed by atoms with E-state index in [1.165, 1.54) is 6.20 Å². The first-order valence-corrected chi connectivity index (χ1v) is 8.93. The Morgan fingerprint density at radius 2 is 2.15 bits per heavy atom. The van der Waals surface area contributed by atoms with Crippen LogP contribution in [-0.4, -0.2) is 54.1 Å². The number of nitrogens with two attached hydrogens (primary N) is 1. The van der Waals surface area contributed by atoms with Gasteiger partial charge in [0.2, 0.25) is 5.91 Å². The van der Waals surface area contributed by atoms with Crippen molar-refractivity contribution in [3.63, 3.8) is 0 Å². The number of aryl methyl sites for hydroxylation is 1. The van der Waals surface area contributed by atoms with Crippen molar-refractivity contribution >= 4 is 17.6 Å². The first-order valence-electron chi connectivity index (χ1n) is 8.93. The maximum absolute atomic E-state index is 12.2. The van der Waals surface area contributed by atoms with Gasteiger partial charge in [0.1, 0.15) is 5.82 Å². The summed E-state index contributed by atoms with van der Waals surface area (Å²) in [6.45, 7) is 1.96. The van der Waals surface area contributed by atoms with Gasteiger partial charge in [0.25, 0.3) is 5.91 Å². The van der Waals surface area contributed by atoms with E-state index in [9.17, 15) is 9.59 Å². The van der Waals surface area contributed by atoms with Crippen molar-refractivity contribution < 1.29 is 14.3 Å². The van der Waals surface area contributed by atoms with Crippen LogP contribution in [0.2, 0.25) is 0 Å². The van der Waals surface area contributed by atoms with E-state index in [4.69, 9.17) is 10.5 Å². The lowest BCUT2D eigenvalue weighted by atomic mass is 10.2. The molecule has 0 saturated carbocycles. The average molecular weight is 369 g/mol. The fourth-order valence-electron chi connectivity index (χ4n) is 2.86. The fraction of sp³-hybridized carbons (Fsp3) is 0.368. The van der Waals surface area contributed by atoms with Crippen molar-refractivity contribution in [3.05, 3.63) is 54.0 Å². The summed E-state index contributed by atoms with van der Waals surface area (Å²) in [5, 5.41) is 2.89. The third kappa shape index (κ3) is 5.24. The van der Waals surface area contributed by atoms with Crippen LogP contribution in [0.15, 0.2) is 42.7 Å². The molecule has 1 atom stereocenters. The van der Waals surface area contributed by atoms with Gasteiger partial charge >= 0.3 is 0 Å². The standard InChI is InChI=1S/C19H23N5O3/c20-18(25)16-13-24(10-11-27-16)17-7-6-14(12-23-17)19(26)22-9-3-5-15-4-1-2-8-21-15/h1-2,4,6-8,12,16H,3,5,9-11,13H2,(H2,20,25)(H,22,26). The lowest BCUT2D eigenvalue weighted by Gasteiger charge is -2.32. The van der Waals surface area contributed by atoms with Crippen molar-refractivity contribution in [1.29, 1.82) is 0 Å². The number of anilines is 1. The summed E-state index contributed by atoms with van der Waals surface area (Å²) < 4.78 is 5.33. The van der Waals surface area contributed by atoms with E-state index in [0.29, 0.717) is 37.6 Å². The van der Waals surface area contributed by atoms with Crippen LogP contribution in [0.5, 0.6) is 0 Å². The molecule has 0 aromatic carbocycles. The van der Waals surface area contributed by atoms with Crippen molar-refractivity contribution in [2.45, 2.75) is 18.9 Å². The van der Waals surface area contributed by atoms with E-state index in [-0.39, 0.29) is 5.91 Å². The molecule has 0 bridgehead atoms. The van der Waals surface area contributed by atoms with Gasteiger partial charge in [-0.3, -0.25) is 14.6 Å². The molecule has 2 aromatic rings. The molecule has 142 valence electrons. The minimum absolute atomic E-state index is 0.160. The number of amides is 2. The van der Waals surface area contributed by atoms with Crippen LogP contribution in [0.4, 0.5) is 5.82 Å². The van der Waals surface area contributed by atoms with Gasteiger partial charge in [-0.2, -0.15) is 0 Å². The molecule has 1 unspecified atom stereocenters. The zero-order valence-corrected chi connectivity index (χ0v) is 15.0. The van der Waals surface area contributed by atoms with Crippen LogP contribution < -0.4 is 16.0 Å². The number of nitrogens with one attached hydrogen (secondary N) is 1. The van der Waals surface area contributed by atoms with Crippen LogP contribution >= 0.6 is 0 Å². The fourth-order valence-corrected chi connectivity index (χ4v) is 2.86. The van der Waals surface area contributed by atoms with Gasteiger partial charge in [-0.1, -0.05) is 6.07 Å². The Morgan fingerprint density at radius 1 is 1.26 bits per heavy atom. The average Bonchev–Trinajstić information content (AvgIpc) is 2.72. The number of carbonyl (C=O) groups excluding carboxylic acids is 2. The number of hydrogen-bond donors (Lipinski definition) is 2. The predicted octanol–water partition coefficient (Wildman–Crippen LogP) is 0.530. The van der Waals surface area contributed by atoms with Crippen molar-refractivity contribution in [2.75, 3.05) is 31.1 Å². The van der Waals surface area contributed by atoms with E-state index in [2.05, 4.69) is 15.3 Å². The van der Waals surface area contributed by atoms with Crippen molar-refractivity contribution in [1.82, 2.24) is 15.3 Å². The zero-order valence-electron chi connectivity index (χ0n) is 15.0. The van der Waals surface area contributed by atoms with Gasteiger partial charge in [-0.15, -0.1) is 0 Å². The van der Waals surface area contributed by atoms with E-state index in [1.807, 2.05) is 23.1 Å². The molecule has 1 aliphatic heterocycles. The first kappa shape index (κ1) is 18.8. The summed E-state index contributed by atoms with van der Waals surface area (Å²) in [5.74, 6) is 0.0460. The molecule has 1 saturated heterocycles. The van der Waals surface area contributed by atoms with Crippen LogP contribution in [0.1, 0.15) is 22.5 Å². The van der Waals surface area contributed by atoms with Crippen molar-refractivity contribution in [2.24, 2.45) is 5.73 Å². The second-order valence-corrected chi connectivity index (χ2v) is 6.29. The minimum atomic E-state index is -0.636. The molecule has 3 heterocycles. The summed E-state index contributed by atoms with van der Waals surface area (Å²) in [6, 6.07) is 9.30. The molecule has 8 heteroatoms. The molecule has 2 aromatic heterocycles. The second kappa shape index (κ2) is 9.09. The molecular formula is C19H23N5O3. The Morgan fingerprint density at radius 3 is 2.85 bits per heavy atom. The quantitative estimate of drug-likeness (QED) is 0.689. The van der Waals surface area contributed by atoms with Crippen LogP contribution in [0.3, 0.4) is 0 Å². The number of pyridine rings is 2. The summed E-state index contributed by atoms with van der Waals surface area (Å²) >= 11 is 0. The number of nitrogens with zero attached hydrogens (tertiary/aromatic N) is 3. The number of carbonyl (C=O) groups is 2. The Bertz CT molecular complexity index is 767. The van der Waals surface area contributed by atoms with Crippen molar-refractivity contribution in [3.8, 4) is 0 Å². The topological polar surface area (TPSA) is 110 Å². The third-order valence-corrected chi connectivity index (χ3v) is 4.34. The Labute approximate surface area is 157 Å². The largest absolute Gasteiger partial charge is 0.367 e. The highest BCUT2D eigenvalue weighted by Crippen LogP contribution is 2.15. The third-order valence-electron chi connectivity index (χ3n) is 4.34. The van der Waals surface area contributed by atoms with Crippen LogP contribution in [0, 0.1) is 0 Å². The van der Waals surface area contributed by atoms with Gasteiger partial charge in [0, 0.05) is 31.2 Å². The number of aromatic nitrogens is 2. The van der Waals surface area contributed by atoms with Gasteiger partial charge < -0.3 is 20.7 Å². The maximum atomic E-state index is 12.2. The smallest absolute Gasteiger partial charge is 0.252 e. The molecule has 1 aliphatic rings. The number of rotatable bonds is 7. The molecule has 2 amide bonds. The molecular weight excluding hydrogens is 346 g/mol. The van der Waals surface area contributed by atoms with Gasteiger partial charge in [-0.05, 0) is 37.1 Å². The number of primary amides is 1. The molecule has 0 radical (unpaired) electrons. The monoisotopic (exact) mass is 369 g/mol. The molecule has 1 fully saturated rings. The van der Waals surface area contributed by atoms with E-state index < -0.39 is 12.0 Å². The molecule has 3 rings (SSSR count). The number of ether oxygens (including phenoxy) is 1. The second-order valence-electron chi connectivity index (χ2n) is 6.29. The SMILES string of the molecule is NC(=O)C1CN(c2ccc(C(=O)NCCCc3ccccn3)cn2)CCO1. The normalized spacial score (nSPS) is 16.7. The maximum Gasteiger partial charge on any atom is 0.252 e. The Balaban J connectivity index is 1.47. The number of morpholine rings is 1. The zero-order chi connectivity index (χ0) is 19.1. The first-order chi connectivity index (χ1) is 13.1. The predicted molar refractivity (Wildman–Crippen MR) is 100 cm³/mol. The molecule has 8 nitrogen and oxygen atoms in total. The van der Waals surface area contributed by atoms with Gasteiger partial charge in [-0.25, -0.2) is 4.98 Å². The molecule has 27 heavy (non-hydrogen) atoms. The van der Waals surface area contributed by atoms with Crippen LogP contribution in [-0.2, 0) is 16.0 Å². The summed E-state index contributed by atoms with van der Waals surface area (Å²) in [4.78, 5) is 34.0. The highest BCUT2D eigenvalue weighted by atomic mass is 16.5. The molecule has 3 N–H and O–H groups in total. The molecule has 0 aliphatic carbocycles. The minimum Gasteiger partial charge on any atom is -0.367 e. The summed E-state index contributed by atoms with van der Waals surface area (Å²) in [6.07, 6.45) is 4.30. The highest BCUT2D eigenvalue weighted by Gasteiger charge is 2.25. The number of hydrogen-bond acceptors (Lipinski definition) is 6. The van der Waals surface area contributed by atoms with Gasteiger partial charge in [0.15, 0.2) is 6.10 Å². The lowest BCUT2D eigenvalue weighted by Crippen LogP contribution is -2.48. The van der Waals surface area contributed by atoms with Gasteiger partial charge in [0.05, 0.1) is 18.7 Å². The Kier molecular flexibility index (Phi) is 6.32. The van der Waals surface area contributed by atoms with E-state index >= 15 is 0 Å². The summed E-state index contributed by atoms with van der Waals surface area (Å²) in [7, 11) is 0. The van der Waals surface area contributed by atoms with E-state index in [1.54, 1.807) is 18.3 Å². The Hall–Kier alpha value is -3.00. The van der Waals surface area contributed by atoms with Crippen LogP contribution in [0.25, 0.3) is 0 Å².